The van der Waals surface area contributed by atoms with Crippen molar-refractivity contribution in [3.8, 4) is 5.75 Å². The number of unbranched alkanes of at least 4 members (excludes halogenated alkanes) is 12. The summed E-state index contributed by atoms with van der Waals surface area (Å²) in [4.78, 5) is 12.7. The number of benzene rings is 2. The van der Waals surface area contributed by atoms with E-state index in [0.29, 0.717) is 5.75 Å². The van der Waals surface area contributed by atoms with E-state index in [1.54, 1.807) is 0 Å². The third kappa shape index (κ3) is 12.1. The fraction of sp³-hybridized carbons (Fsp3) is 0.606. The van der Waals surface area contributed by atoms with Gasteiger partial charge in [-0.3, -0.25) is 5.32 Å². The molecule has 0 spiro atoms. The van der Waals surface area contributed by atoms with Crippen molar-refractivity contribution in [1.82, 2.24) is 0 Å². The van der Waals surface area contributed by atoms with Gasteiger partial charge in [0.1, 0.15) is 5.75 Å². The summed E-state index contributed by atoms with van der Waals surface area (Å²) in [6.45, 7) is 8.59. The third-order valence-corrected chi connectivity index (χ3v) is 7.06. The van der Waals surface area contributed by atoms with Gasteiger partial charge in [-0.15, -0.1) is 0 Å². The molecule has 0 aliphatic heterocycles. The first kappa shape index (κ1) is 29.9. The molecule has 0 saturated carbocycles. The predicted octanol–water partition coefficient (Wildman–Crippen LogP) is 10.5. The summed E-state index contributed by atoms with van der Waals surface area (Å²) < 4.78 is 5.83. The second kappa shape index (κ2) is 18.0. The number of nitrogens with one attached hydrogen (secondary N) is 1. The molecule has 0 saturated heterocycles. The monoisotopic (exact) mass is 493 g/mol. The number of hydrogen-bond donors (Lipinski definition) is 1. The maximum absolute atomic E-state index is 12.7. The van der Waals surface area contributed by atoms with Crippen LogP contribution in [0.1, 0.15) is 126 Å². The van der Waals surface area contributed by atoms with Gasteiger partial charge in [0.05, 0.1) is 0 Å². The molecule has 0 bridgehead atoms. The average Bonchev–Trinajstić information content (AvgIpc) is 2.86. The molecular weight excluding hydrogens is 442 g/mol. The van der Waals surface area contributed by atoms with E-state index in [4.69, 9.17) is 4.74 Å². The van der Waals surface area contributed by atoms with Gasteiger partial charge in [-0.2, -0.15) is 0 Å². The maximum Gasteiger partial charge on any atom is 0.417 e. The van der Waals surface area contributed by atoms with Gasteiger partial charge in [-0.25, -0.2) is 4.79 Å². The van der Waals surface area contributed by atoms with E-state index in [9.17, 15) is 4.79 Å². The van der Waals surface area contributed by atoms with Crippen LogP contribution in [-0.4, -0.2) is 6.09 Å². The minimum Gasteiger partial charge on any atom is -0.410 e. The first-order valence-electron chi connectivity index (χ1n) is 14.7. The van der Waals surface area contributed by atoms with Crippen LogP contribution in [0.3, 0.4) is 0 Å². The van der Waals surface area contributed by atoms with E-state index in [1.807, 2.05) is 25.1 Å². The number of ether oxygens (including phenoxy) is 1. The Morgan fingerprint density at radius 2 is 1.28 bits per heavy atom. The first-order chi connectivity index (χ1) is 17.5. The Kier molecular flexibility index (Phi) is 15.0. The van der Waals surface area contributed by atoms with Crippen molar-refractivity contribution in [2.24, 2.45) is 0 Å². The van der Waals surface area contributed by atoms with Crippen molar-refractivity contribution in [2.45, 2.75) is 130 Å². The van der Waals surface area contributed by atoms with Gasteiger partial charge in [-0.05, 0) is 68.4 Å². The number of carbonyl (C=O) groups excluding carboxylic acids is 1. The van der Waals surface area contributed by atoms with E-state index in [-0.39, 0.29) is 0 Å². The Morgan fingerprint density at radius 1 is 0.694 bits per heavy atom. The normalized spacial score (nSPS) is 11.0. The molecule has 36 heavy (non-hydrogen) atoms. The van der Waals surface area contributed by atoms with Crippen LogP contribution in [0, 0.1) is 13.8 Å². The van der Waals surface area contributed by atoms with Crippen LogP contribution in [-0.2, 0) is 12.8 Å². The SMILES string of the molecule is CCCCCCCCCc1ccc(OC(=O)Nc2ccc(C)cc2C)c(CCCCCCCCC)c1. The van der Waals surface area contributed by atoms with Crippen molar-refractivity contribution in [2.75, 3.05) is 5.32 Å². The van der Waals surface area contributed by atoms with Crippen LogP contribution in [0.15, 0.2) is 36.4 Å². The Balaban J connectivity index is 1.94. The van der Waals surface area contributed by atoms with E-state index in [2.05, 4.69) is 44.3 Å². The van der Waals surface area contributed by atoms with Crippen molar-refractivity contribution >= 4 is 11.8 Å². The van der Waals surface area contributed by atoms with E-state index in [0.717, 1.165) is 30.5 Å². The molecule has 0 aliphatic rings. The lowest BCUT2D eigenvalue weighted by Gasteiger charge is -2.14. The number of anilines is 1. The highest BCUT2D eigenvalue weighted by Gasteiger charge is 2.12. The molecule has 0 fully saturated rings. The molecule has 0 heterocycles. The quantitative estimate of drug-likeness (QED) is 0.210. The summed E-state index contributed by atoms with van der Waals surface area (Å²) >= 11 is 0. The topological polar surface area (TPSA) is 38.3 Å². The van der Waals surface area contributed by atoms with Gasteiger partial charge in [0, 0.05) is 5.69 Å². The molecule has 0 aliphatic carbocycles. The molecule has 3 heteroatoms. The molecule has 200 valence electrons. The van der Waals surface area contributed by atoms with E-state index in [1.165, 1.54) is 100 Å². The Labute approximate surface area is 221 Å². The van der Waals surface area contributed by atoms with Gasteiger partial charge >= 0.3 is 6.09 Å². The summed E-state index contributed by atoms with van der Waals surface area (Å²) in [6.07, 6.45) is 19.9. The summed E-state index contributed by atoms with van der Waals surface area (Å²) in [5.41, 5.74) is 5.55. The zero-order valence-corrected chi connectivity index (χ0v) is 23.6. The van der Waals surface area contributed by atoms with E-state index >= 15 is 0 Å². The minimum absolute atomic E-state index is 0.414. The van der Waals surface area contributed by atoms with Gasteiger partial charge < -0.3 is 4.74 Å². The molecule has 1 amide bonds. The van der Waals surface area contributed by atoms with Gasteiger partial charge in [0.15, 0.2) is 0 Å². The second-order valence-corrected chi connectivity index (χ2v) is 10.5. The fourth-order valence-corrected chi connectivity index (χ4v) is 4.83. The molecule has 0 aromatic heterocycles. The van der Waals surface area contributed by atoms with Crippen molar-refractivity contribution in [3.63, 3.8) is 0 Å². The second-order valence-electron chi connectivity index (χ2n) is 10.5. The standard InChI is InChI=1S/C33H51NO2/c1-5-7-9-11-13-15-17-19-29-22-24-32(30(26-29)20-18-16-14-12-10-8-6-2)36-33(35)34-31-23-21-27(3)25-28(31)4/h21-26H,5-20H2,1-4H3,(H,34,35). The third-order valence-electron chi connectivity index (χ3n) is 7.06. The van der Waals surface area contributed by atoms with Gasteiger partial charge in [-0.1, -0.05) is 121 Å². The Morgan fingerprint density at radius 3 is 1.89 bits per heavy atom. The Hall–Kier alpha value is -2.29. The predicted molar refractivity (Wildman–Crippen MR) is 155 cm³/mol. The van der Waals surface area contributed by atoms with Crippen molar-refractivity contribution < 1.29 is 9.53 Å². The number of hydrogen-bond acceptors (Lipinski definition) is 2. The van der Waals surface area contributed by atoms with Crippen LogP contribution in [0.25, 0.3) is 0 Å². The summed E-state index contributed by atoms with van der Waals surface area (Å²) in [7, 11) is 0. The summed E-state index contributed by atoms with van der Waals surface area (Å²) in [6, 6.07) is 12.5. The van der Waals surface area contributed by atoms with Gasteiger partial charge in [0.25, 0.3) is 0 Å². The first-order valence-corrected chi connectivity index (χ1v) is 14.7. The molecule has 0 unspecified atom stereocenters. The Bertz CT molecular complexity index is 889. The van der Waals surface area contributed by atoms with Crippen LogP contribution in [0.5, 0.6) is 5.75 Å². The smallest absolute Gasteiger partial charge is 0.410 e. The average molecular weight is 494 g/mol. The molecule has 2 rings (SSSR count). The van der Waals surface area contributed by atoms with Crippen molar-refractivity contribution in [3.05, 3.63) is 58.7 Å². The minimum atomic E-state index is -0.414. The fourth-order valence-electron chi connectivity index (χ4n) is 4.83. The number of carbonyl (C=O) groups is 1. The zero-order chi connectivity index (χ0) is 26.0. The molecule has 2 aromatic rings. The summed E-state index contributed by atoms with van der Waals surface area (Å²) in [5, 5.41) is 2.93. The zero-order valence-electron chi connectivity index (χ0n) is 23.6. The molecule has 0 atom stereocenters. The lowest BCUT2D eigenvalue weighted by molar-refractivity contribution is 0.214. The van der Waals surface area contributed by atoms with Crippen LogP contribution >= 0.6 is 0 Å². The molecule has 3 nitrogen and oxygen atoms in total. The molecule has 0 radical (unpaired) electrons. The van der Waals surface area contributed by atoms with Crippen LogP contribution < -0.4 is 10.1 Å². The number of aryl methyl sites for hydroxylation is 4. The van der Waals surface area contributed by atoms with Gasteiger partial charge in [0.2, 0.25) is 0 Å². The van der Waals surface area contributed by atoms with E-state index < -0.39 is 6.09 Å². The highest BCUT2D eigenvalue weighted by molar-refractivity contribution is 5.87. The van der Waals surface area contributed by atoms with Crippen molar-refractivity contribution in [1.29, 1.82) is 0 Å². The molecule has 1 N–H and O–H groups in total. The largest absolute Gasteiger partial charge is 0.417 e. The van der Waals surface area contributed by atoms with Crippen LogP contribution in [0.2, 0.25) is 0 Å². The molecular formula is C33H51NO2. The molecule has 2 aromatic carbocycles. The number of amides is 1. The summed E-state index contributed by atoms with van der Waals surface area (Å²) in [5.74, 6) is 0.701. The lowest BCUT2D eigenvalue weighted by Crippen LogP contribution is -2.18. The highest BCUT2D eigenvalue weighted by Crippen LogP contribution is 2.25. The maximum atomic E-state index is 12.7. The highest BCUT2D eigenvalue weighted by atomic mass is 16.6. The lowest BCUT2D eigenvalue weighted by atomic mass is 9.99. The van der Waals surface area contributed by atoms with Crippen LogP contribution in [0.4, 0.5) is 10.5 Å². The number of rotatable bonds is 18.